The second-order valence-corrected chi connectivity index (χ2v) is 6.95. The Morgan fingerprint density at radius 3 is 2.62 bits per heavy atom. The summed E-state index contributed by atoms with van der Waals surface area (Å²) in [5.74, 6) is 0.277. The van der Waals surface area contributed by atoms with Gasteiger partial charge in [-0.1, -0.05) is 5.16 Å². The average Bonchev–Trinajstić information content (AvgIpc) is 3.15. The van der Waals surface area contributed by atoms with Crippen LogP contribution in [0, 0.1) is 13.8 Å². The standard InChI is InChI=1S/C15H17N5O3S/c1-11-15(12(2)23-19-11)24(21,22)17-8-10-20-9-5-14(18-20)13-3-6-16-7-4-13/h3-7,9,17H,8,10H2,1-2H3. The molecule has 0 unspecified atom stereocenters. The summed E-state index contributed by atoms with van der Waals surface area (Å²) in [6.07, 6.45) is 5.21. The number of hydrogen-bond acceptors (Lipinski definition) is 6. The number of nitrogens with zero attached hydrogens (tertiary/aromatic N) is 4. The van der Waals surface area contributed by atoms with Crippen molar-refractivity contribution in [2.75, 3.05) is 6.54 Å². The summed E-state index contributed by atoms with van der Waals surface area (Å²) < 4.78 is 33.7. The molecule has 1 N–H and O–H groups in total. The molecular weight excluding hydrogens is 330 g/mol. The van der Waals surface area contributed by atoms with E-state index in [1.54, 1.807) is 37.1 Å². The van der Waals surface area contributed by atoms with Gasteiger partial charge in [-0.15, -0.1) is 0 Å². The van der Waals surface area contributed by atoms with Crippen molar-refractivity contribution in [3.63, 3.8) is 0 Å². The lowest BCUT2D eigenvalue weighted by atomic mass is 10.2. The fourth-order valence-electron chi connectivity index (χ4n) is 2.39. The first-order valence-corrected chi connectivity index (χ1v) is 8.82. The molecule has 0 fully saturated rings. The van der Waals surface area contributed by atoms with Gasteiger partial charge in [0.1, 0.15) is 10.6 Å². The summed E-state index contributed by atoms with van der Waals surface area (Å²) in [5.41, 5.74) is 2.12. The van der Waals surface area contributed by atoms with Gasteiger partial charge in [-0.2, -0.15) is 5.10 Å². The van der Waals surface area contributed by atoms with Crippen molar-refractivity contribution in [3.05, 3.63) is 48.2 Å². The average molecular weight is 347 g/mol. The zero-order chi connectivity index (χ0) is 17.2. The van der Waals surface area contributed by atoms with Crippen molar-refractivity contribution in [2.24, 2.45) is 0 Å². The minimum atomic E-state index is -3.65. The van der Waals surface area contributed by atoms with Gasteiger partial charge in [-0.3, -0.25) is 9.67 Å². The number of aromatic nitrogens is 4. The summed E-state index contributed by atoms with van der Waals surface area (Å²) in [6, 6.07) is 5.61. The molecule has 3 rings (SSSR count). The van der Waals surface area contributed by atoms with Gasteiger partial charge >= 0.3 is 0 Å². The molecule has 0 bridgehead atoms. The molecule has 3 heterocycles. The van der Waals surface area contributed by atoms with Crippen molar-refractivity contribution in [3.8, 4) is 11.3 Å². The van der Waals surface area contributed by atoms with Crippen molar-refractivity contribution < 1.29 is 12.9 Å². The van der Waals surface area contributed by atoms with Crippen LogP contribution >= 0.6 is 0 Å². The molecule has 126 valence electrons. The molecule has 3 aromatic heterocycles. The Morgan fingerprint density at radius 1 is 1.21 bits per heavy atom. The highest BCUT2D eigenvalue weighted by molar-refractivity contribution is 7.89. The zero-order valence-electron chi connectivity index (χ0n) is 13.3. The highest BCUT2D eigenvalue weighted by Crippen LogP contribution is 2.18. The van der Waals surface area contributed by atoms with E-state index in [9.17, 15) is 8.42 Å². The first-order chi connectivity index (χ1) is 11.5. The van der Waals surface area contributed by atoms with Crippen LogP contribution in [0.3, 0.4) is 0 Å². The van der Waals surface area contributed by atoms with E-state index in [-0.39, 0.29) is 17.2 Å². The third-order valence-corrected chi connectivity index (χ3v) is 5.19. The second kappa shape index (κ2) is 6.54. The molecule has 0 spiro atoms. The Bertz CT molecular complexity index is 912. The maximum absolute atomic E-state index is 12.3. The second-order valence-electron chi connectivity index (χ2n) is 5.25. The molecule has 0 aliphatic heterocycles. The molecule has 9 heteroatoms. The van der Waals surface area contributed by atoms with Gasteiger partial charge in [0.2, 0.25) is 10.0 Å². The van der Waals surface area contributed by atoms with Crippen molar-refractivity contribution >= 4 is 10.0 Å². The van der Waals surface area contributed by atoms with E-state index in [2.05, 4.69) is 20.0 Å². The van der Waals surface area contributed by atoms with Gasteiger partial charge in [-0.05, 0) is 32.0 Å². The highest BCUT2D eigenvalue weighted by Gasteiger charge is 2.23. The first kappa shape index (κ1) is 16.3. The molecular formula is C15H17N5O3S. The van der Waals surface area contributed by atoms with E-state index in [4.69, 9.17) is 4.52 Å². The molecule has 0 atom stereocenters. The minimum absolute atomic E-state index is 0.0976. The number of aryl methyl sites for hydroxylation is 2. The molecule has 8 nitrogen and oxygen atoms in total. The fourth-order valence-corrected chi connectivity index (χ4v) is 3.73. The molecule has 0 aromatic carbocycles. The maximum Gasteiger partial charge on any atom is 0.246 e. The Kier molecular flexibility index (Phi) is 4.45. The number of nitrogens with one attached hydrogen (secondary N) is 1. The highest BCUT2D eigenvalue weighted by atomic mass is 32.2. The monoisotopic (exact) mass is 347 g/mol. The van der Waals surface area contributed by atoms with Gasteiger partial charge in [0, 0.05) is 30.7 Å². The summed E-state index contributed by atoms with van der Waals surface area (Å²) >= 11 is 0. The van der Waals surface area contributed by atoms with Gasteiger partial charge < -0.3 is 4.52 Å². The topological polar surface area (TPSA) is 103 Å². The Morgan fingerprint density at radius 2 is 1.96 bits per heavy atom. The third kappa shape index (κ3) is 3.36. The van der Waals surface area contributed by atoms with E-state index in [0.29, 0.717) is 12.2 Å². The van der Waals surface area contributed by atoms with E-state index < -0.39 is 10.0 Å². The summed E-state index contributed by atoms with van der Waals surface area (Å²) in [6.45, 7) is 3.79. The minimum Gasteiger partial charge on any atom is -0.360 e. The molecule has 0 radical (unpaired) electrons. The van der Waals surface area contributed by atoms with Crippen molar-refractivity contribution in [1.82, 2.24) is 24.6 Å². The van der Waals surface area contributed by atoms with Crippen LogP contribution in [0.2, 0.25) is 0 Å². The first-order valence-electron chi connectivity index (χ1n) is 7.34. The Balaban J connectivity index is 1.64. The Labute approximate surface area is 139 Å². The Hall–Kier alpha value is -2.52. The number of hydrogen-bond donors (Lipinski definition) is 1. The smallest absolute Gasteiger partial charge is 0.246 e. The third-order valence-electron chi connectivity index (χ3n) is 3.49. The van der Waals surface area contributed by atoms with Crippen molar-refractivity contribution in [2.45, 2.75) is 25.3 Å². The van der Waals surface area contributed by atoms with Gasteiger partial charge in [-0.25, -0.2) is 13.1 Å². The van der Waals surface area contributed by atoms with E-state index in [0.717, 1.165) is 11.3 Å². The van der Waals surface area contributed by atoms with Gasteiger partial charge in [0.15, 0.2) is 5.76 Å². The SMILES string of the molecule is Cc1noc(C)c1S(=O)(=O)NCCn1ccc(-c2ccncc2)n1. The van der Waals surface area contributed by atoms with E-state index in [1.807, 2.05) is 18.2 Å². The van der Waals surface area contributed by atoms with Crippen LogP contribution in [-0.2, 0) is 16.6 Å². The molecule has 24 heavy (non-hydrogen) atoms. The van der Waals surface area contributed by atoms with Crippen LogP contribution in [-0.4, -0.2) is 34.9 Å². The lowest BCUT2D eigenvalue weighted by Gasteiger charge is -2.06. The molecule has 0 aliphatic rings. The molecule has 3 aromatic rings. The van der Waals surface area contributed by atoms with Crippen LogP contribution in [0.1, 0.15) is 11.5 Å². The quantitative estimate of drug-likeness (QED) is 0.725. The lowest BCUT2D eigenvalue weighted by Crippen LogP contribution is -2.28. The fraction of sp³-hybridized carbons (Fsp3) is 0.267. The van der Waals surface area contributed by atoms with Gasteiger partial charge in [0.25, 0.3) is 0 Å². The number of pyridine rings is 1. The predicted molar refractivity (Wildman–Crippen MR) is 86.6 cm³/mol. The van der Waals surface area contributed by atoms with Gasteiger partial charge in [0.05, 0.1) is 12.2 Å². The van der Waals surface area contributed by atoms with E-state index >= 15 is 0 Å². The summed E-state index contributed by atoms with van der Waals surface area (Å²) in [7, 11) is -3.65. The van der Waals surface area contributed by atoms with Crippen LogP contribution in [0.25, 0.3) is 11.3 Å². The molecule has 0 amide bonds. The molecule has 0 saturated carbocycles. The summed E-state index contributed by atoms with van der Waals surface area (Å²) in [5, 5.41) is 8.09. The summed E-state index contributed by atoms with van der Waals surface area (Å²) in [4.78, 5) is 4.07. The zero-order valence-corrected chi connectivity index (χ0v) is 14.1. The van der Waals surface area contributed by atoms with Crippen LogP contribution in [0.4, 0.5) is 0 Å². The van der Waals surface area contributed by atoms with Crippen molar-refractivity contribution in [1.29, 1.82) is 0 Å². The van der Waals surface area contributed by atoms with Crippen LogP contribution < -0.4 is 4.72 Å². The maximum atomic E-state index is 12.3. The lowest BCUT2D eigenvalue weighted by molar-refractivity contribution is 0.390. The number of rotatable bonds is 6. The van der Waals surface area contributed by atoms with E-state index in [1.165, 1.54) is 0 Å². The molecule has 0 saturated heterocycles. The predicted octanol–water partition coefficient (Wildman–Crippen LogP) is 1.53. The number of sulfonamides is 1. The van der Waals surface area contributed by atoms with Crippen LogP contribution in [0.5, 0.6) is 0 Å². The normalized spacial score (nSPS) is 11.8. The van der Waals surface area contributed by atoms with Crippen LogP contribution in [0.15, 0.2) is 46.2 Å². The molecule has 0 aliphatic carbocycles. The largest absolute Gasteiger partial charge is 0.360 e.